The number of phenolic OH excluding ortho intramolecular Hbond substituents is 1. The van der Waals surface area contributed by atoms with Crippen LogP contribution in [0.25, 0.3) is 0 Å². The number of halogens is 2. The molecule has 0 unspecified atom stereocenters. The van der Waals surface area contributed by atoms with E-state index in [1.807, 2.05) is 0 Å². The molecule has 0 saturated carbocycles. The van der Waals surface area contributed by atoms with E-state index in [-0.39, 0.29) is 21.4 Å². The largest absolute Gasteiger partial charge is 0.507 e. The van der Waals surface area contributed by atoms with Crippen LogP contribution in [0.5, 0.6) is 5.75 Å². The molecule has 0 aliphatic carbocycles. The van der Waals surface area contributed by atoms with E-state index in [1.165, 1.54) is 12.1 Å². The number of ether oxygens (including phenoxy) is 1. The van der Waals surface area contributed by atoms with Gasteiger partial charge in [0.25, 0.3) is 5.91 Å². The summed E-state index contributed by atoms with van der Waals surface area (Å²) in [5.74, 6) is -0.106. The number of hydrogen-bond donors (Lipinski definition) is 3. The minimum Gasteiger partial charge on any atom is -0.507 e. The Hall–Kier alpha value is -1.76. The first kappa shape index (κ1) is 16.1. The molecular formula is C15H15Cl2N3O3. The number of aromatic nitrogens is 2. The van der Waals surface area contributed by atoms with Crippen molar-refractivity contribution in [2.75, 3.05) is 18.5 Å². The van der Waals surface area contributed by atoms with Crippen LogP contribution in [0.2, 0.25) is 10.0 Å². The van der Waals surface area contributed by atoms with Crippen LogP contribution in [-0.2, 0) is 4.74 Å². The summed E-state index contributed by atoms with van der Waals surface area (Å²) >= 11 is 11.7. The number of aromatic hydroxyl groups is 1. The average Bonchev–Trinajstić information content (AvgIpc) is 2.95. The van der Waals surface area contributed by atoms with Gasteiger partial charge >= 0.3 is 0 Å². The predicted molar refractivity (Wildman–Crippen MR) is 87.5 cm³/mol. The van der Waals surface area contributed by atoms with Crippen molar-refractivity contribution in [3.05, 3.63) is 39.5 Å². The van der Waals surface area contributed by atoms with Gasteiger partial charge in [-0.25, -0.2) is 0 Å². The molecule has 3 N–H and O–H groups in total. The first-order chi connectivity index (χ1) is 11.0. The van der Waals surface area contributed by atoms with Gasteiger partial charge in [0.2, 0.25) is 0 Å². The lowest BCUT2D eigenvalue weighted by Gasteiger charge is -2.20. The van der Waals surface area contributed by atoms with Crippen LogP contribution >= 0.6 is 23.2 Å². The maximum absolute atomic E-state index is 12.3. The van der Waals surface area contributed by atoms with Crippen molar-refractivity contribution in [3.8, 4) is 5.75 Å². The fourth-order valence-electron chi connectivity index (χ4n) is 2.58. The van der Waals surface area contributed by atoms with Crippen molar-refractivity contribution < 1.29 is 14.6 Å². The van der Waals surface area contributed by atoms with Gasteiger partial charge in [0.1, 0.15) is 11.3 Å². The molecule has 8 heteroatoms. The van der Waals surface area contributed by atoms with E-state index in [2.05, 4.69) is 15.5 Å². The van der Waals surface area contributed by atoms with Gasteiger partial charge in [-0.2, -0.15) is 5.10 Å². The quantitative estimate of drug-likeness (QED) is 0.785. The number of aromatic amines is 1. The molecule has 0 spiro atoms. The third-order valence-corrected chi connectivity index (χ3v) is 4.28. The third kappa shape index (κ3) is 3.60. The summed E-state index contributed by atoms with van der Waals surface area (Å²) < 4.78 is 5.33. The van der Waals surface area contributed by atoms with Gasteiger partial charge in [-0.1, -0.05) is 23.2 Å². The topological polar surface area (TPSA) is 87.2 Å². The standard InChI is InChI=1S/C15H15Cl2N3O3/c16-9-5-10(17)14(12(21)6-9)15(22)18-13-7-11(19-20-13)8-1-3-23-4-2-8/h5-8,21H,1-4H2,(H2,18,19,20,22). The van der Waals surface area contributed by atoms with Crippen LogP contribution in [0.3, 0.4) is 0 Å². The zero-order valence-corrected chi connectivity index (χ0v) is 13.6. The highest BCUT2D eigenvalue weighted by Crippen LogP contribution is 2.31. The molecule has 1 saturated heterocycles. The van der Waals surface area contributed by atoms with Gasteiger partial charge in [-0.15, -0.1) is 0 Å². The highest BCUT2D eigenvalue weighted by molar-refractivity contribution is 6.37. The summed E-state index contributed by atoms with van der Waals surface area (Å²) in [4.78, 5) is 12.3. The number of carbonyl (C=O) groups is 1. The summed E-state index contributed by atoms with van der Waals surface area (Å²) in [6.07, 6.45) is 1.83. The Morgan fingerprint density at radius 1 is 1.30 bits per heavy atom. The number of nitrogens with one attached hydrogen (secondary N) is 2. The fraction of sp³-hybridized carbons (Fsp3) is 0.333. The molecule has 0 bridgehead atoms. The minimum absolute atomic E-state index is 0.0355. The predicted octanol–water partition coefficient (Wildman–Crippen LogP) is 3.57. The molecule has 0 atom stereocenters. The number of H-pyrrole nitrogens is 1. The highest BCUT2D eigenvalue weighted by atomic mass is 35.5. The number of amides is 1. The van der Waals surface area contributed by atoms with E-state index in [4.69, 9.17) is 27.9 Å². The molecule has 122 valence electrons. The summed E-state index contributed by atoms with van der Waals surface area (Å²) in [5, 5.41) is 19.8. The highest BCUT2D eigenvalue weighted by Gasteiger charge is 2.21. The summed E-state index contributed by atoms with van der Waals surface area (Å²) in [6.45, 7) is 1.44. The monoisotopic (exact) mass is 355 g/mol. The number of carbonyl (C=O) groups excluding carboxylic acids is 1. The maximum atomic E-state index is 12.3. The number of benzene rings is 1. The Kier molecular flexibility index (Phi) is 4.75. The van der Waals surface area contributed by atoms with Crippen molar-refractivity contribution in [1.82, 2.24) is 10.2 Å². The molecule has 1 aromatic heterocycles. The first-order valence-corrected chi connectivity index (χ1v) is 7.92. The Morgan fingerprint density at radius 3 is 2.74 bits per heavy atom. The number of nitrogens with zero attached hydrogens (tertiary/aromatic N) is 1. The van der Waals surface area contributed by atoms with Crippen molar-refractivity contribution in [2.45, 2.75) is 18.8 Å². The summed E-state index contributed by atoms with van der Waals surface area (Å²) in [5.41, 5.74) is 0.918. The molecule has 6 nitrogen and oxygen atoms in total. The SMILES string of the molecule is O=C(Nc1cc(C2CCOCC2)[nH]n1)c1c(O)cc(Cl)cc1Cl. The van der Waals surface area contributed by atoms with Crippen LogP contribution in [0.1, 0.15) is 34.8 Å². The average molecular weight is 356 g/mol. The van der Waals surface area contributed by atoms with E-state index >= 15 is 0 Å². The molecular weight excluding hydrogens is 341 g/mol. The van der Waals surface area contributed by atoms with Gasteiger partial charge in [0.05, 0.1) is 5.02 Å². The summed E-state index contributed by atoms with van der Waals surface area (Å²) in [7, 11) is 0. The Labute approximate surface area is 142 Å². The fourth-order valence-corrected chi connectivity index (χ4v) is 3.15. The van der Waals surface area contributed by atoms with Crippen LogP contribution in [0.15, 0.2) is 18.2 Å². The van der Waals surface area contributed by atoms with Gasteiger partial charge in [0.15, 0.2) is 5.82 Å². The van der Waals surface area contributed by atoms with E-state index in [0.717, 1.165) is 31.7 Å². The number of hydrogen-bond acceptors (Lipinski definition) is 4. The Morgan fingerprint density at radius 2 is 2.04 bits per heavy atom. The normalized spacial score (nSPS) is 15.6. The third-order valence-electron chi connectivity index (χ3n) is 3.76. The van der Waals surface area contributed by atoms with E-state index < -0.39 is 5.91 Å². The molecule has 1 aliphatic heterocycles. The first-order valence-electron chi connectivity index (χ1n) is 7.17. The second-order valence-corrected chi connectivity index (χ2v) is 6.17. The van der Waals surface area contributed by atoms with E-state index in [0.29, 0.717) is 11.7 Å². The molecule has 1 aliphatic rings. The number of rotatable bonds is 3. The van der Waals surface area contributed by atoms with Crippen molar-refractivity contribution in [1.29, 1.82) is 0 Å². The Bertz CT molecular complexity index is 704. The van der Waals surface area contributed by atoms with Crippen LogP contribution in [0.4, 0.5) is 5.82 Å². The van der Waals surface area contributed by atoms with Gasteiger partial charge in [-0.3, -0.25) is 9.89 Å². The van der Waals surface area contributed by atoms with E-state index in [9.17, 15) is 9.90 Å². The molecule has 1 amide bonds. The molecule has 0 radical (unpaired) electrons. The Balaban J connectivity index is 1.75. The molecule has 3 rings (SSSR count). The zero-order valence-electron chi connectivity index (χ0n) is 12.1. The van der Waals surface area contributed by atoms with Crippen molar-refractivity contribution in [3.63, 3.8) is 0 Å². The van der Waals surface area contributed by atoms with Gasteiger partial charge < -0.3 is 15.2 Å². The minimum atomic E-state index is -0.547. The molecule has 1 aromatic carbocycles. The smallest absolute Gasteiger partial charge is 0.262 e. The molecule has 2 aromatic rings. The lowest BCUT2D eigenvalue weighted by atomic mass is 9.97. The molecule has 23 heavy (non-hydrogen) atoms. The summed E-state index contributed by atoms with van der Waals surface area (Å²) in [6, 6.07) is 4.45. The lowest BCUT2D eigenvalue weighted by Crippen LogP contribution is -2.14. The van der Waals surface area contributed by atoms with Crippen LogP contribution < -0.4 is 5.32 Å². The van der Waals surface area contributed by atoms with E-state index in [1.54, 1.807) is 6.07 Å². The van der Waals surface area contributed by atoms with Gasteiger partial charge in [0, 0.05) is 35.9 Å². The van der Waals surface area contributed by atoms with Crippen molar-refractivity contribution >= 4 is 34.9 Å². The number of phenols is 1. The second-order valence-electron chi connectivity index (χ2n) is 5.33. The molecule has 1 fully saturated rings. The van der Waals surface area contributed by atoms with Gasteiger partial charge in [-0.05, 0) is 25.0 Å². The molecule has 2 heterocycles. The second kappa shape index (κ2) is 6.78. The van der Waals surface area contributed by atoms with Crippen molar-refractivity contribution in [2.24, 2.45) is 0 Å². The number of anilines is 1. The van der Waals surface area contributed by atoms with Crippen LogP contribution in [-0.4, -0.2) is 34.4 Å². The lowest BCUT2D eigenvalue weighted by molar-refractivity contribution is 0.0845. The maximum Gasteiger partial charge on any atom is 0.262 e. The van der Waals surface area contributed by atoms with Crippen LogP contribution in [0, 0.1) is 0 Å². The zero-order chi connectivity index (χ0) is 16.4.